The molecule has 3 rings (SSSR count). The molecule has 0 saturated carbocycles. The lowest BCUT2D eigenvalue weighted by atomic mass is 9.92. The van der Waals surface area contributed by atoms with Crippen LogP contribution >= 0.6 is 0 Å². The first-order chi connectivity index (χ1) is 10.5. The molecule has 2 aromatic heterocycles. The predicted octanol–water partition coefficient (Wildman–Crippen LogP) is -1.20. The summed E-state index contributed by atoms with van der Waals surface area (Å²) < 4.78 is 12.0. The van der Waals surface area contributed by atoms with Crippen molar-refractivity contribution in [3.8, 4) is 6.07 Å². The van der Waals surface area contributed by atoms with Gasteiger partial charge < -0.3 is 25.4 Å². The number of nitriles is 1. The molecule has 3 heterocycles. The zero-order valence-electron chi connectivity index (χ0n) is 11.7. The highest BCUT2D eigenvalue weighted by Crippen LogP contribution is 2.40. The minimum Gasteiger partial charge on any atom is -0.387 e. The Balaban J connectivity index is 2.14. The number of fused-ring (bicyclic) bond motifs is 1. The van der Waals surface area contributed by atoms with Crippen LogP contribution in [-0.4, -0.2) is 56.8 Å². The monoisotopic (exact) mass is 305 g/mol. The molecule has 0 spiro atoms. The molecule has 4 atom stereocenters. The topological polar surface area (TPSA) is 139 Å². The highest BCUT2D eigenvalue weighted by Gasteiger charge is 2.57. The highest BCUT2D eigenvalue weighted by atomic mass is 16.6. The van der Waals surface area contributed by atoms with Gasteiger partial charge in [0, 0.05) is 7.11 Å². The van der Waals surface area contributed by atoms with Crippen molar-refractivity contribution in [1.29, 1.82) is 5.26 Å². The van der Waals surface area contributed by atoms with Gasteiger partial charge in [0.1, 0.15) is 36.2 Å². The lowest BCUT2D eigenvalue weighted by Gasteiger charge is -2.24. The number of aromatic nitrogens is 3. The molecule has 4 N–H and O–H groups in total. The summed E-state index contributed by atoms with van der Waals surface area (Å²) in [6.45, 7) is 0.0437. The SMILES string of the molecule is COC[C@H]1O[C@@](C#N)(c2ccc3c(N)ncnn23)[C@H](O)[C@@H]1O. The van der Waals surface area contributed by atoms with E-state index in [2.05, 4.69) is 10.1 Å². The fourth-order valence-electron chi connectivity index (χ4n) is 2.71. The third-order valence-electron chi connectivity index (χ3n) is 3.82. The van der Waals surface area contributed by atoms with Gasteiger partial charge in [-0.1, -0.05) is 0 Å². The zero-order chi connectivity index (χ0) is 15.9. The molecule has 0 unspecified atom stereocenters. The Morgan fingerprint density at radius 1 is 1.55 bits per heavy atom. The average Bonchev–Trinajstić information content (AvgIpc) is 3.05. The van der Waals surface area contributed by atoms with Crippen LogP contribution in [0.15, 0.2) is 18.5 Å². The molecule has 9 nitrogen and oxygen atoms in total. The second-order valence-corrected chi connectivity index (χ2v) is 5.06. The summed E-state index contributed by atoms with van der Waals surface area (Å²) >= 11 is 0. The first-order valence-corrected chi connectivity index (χ1v) is 6.58. The van der Waals surface area contributed by atoms with Crippen LogP contribution < -0.4 is 5.73 Å². The Bertz CT molecular complexity index is 742. The van der Waals surface area contributed by atoms with Crippen LogP contribution in [0.5, 0.6) is 0 Å². The molecule has 0 radical (unpaired) electrons. The Morgan fingerprint density at radius 3 is 3.00 bits per heavy atom. The Kier molecular flexibility index (Phi) is 3.46. The first-order valence-electron chi connectivity index (χ1n) is 6.58. The molecule has 0 amide bonds. The van der Waals surface area contributed by atoms with E-state index in [0.29, 0.717) is 5.52 Å². The number of nitrogens with zero attached hydrogens (tertiary/aromatic N) is 4. The number of methoxy groups -OCH3 is 1. The van der Waals surface area contributed by atoms with E-state index < -0.39 is 23.9 Å². The Hall–Kier alpha value is -2.25. The Morgan fingerprint density at radius 2 is 2.32 bits per heavy atom. The standard InChI is InChI=1S/C13H15N5O4/c1-21-4-8-10(19)11(20)13(5-14,22-8)9-3-2-7-12(15)16-6-17-18(7)9/h2-3,6,8,10-11,19-20H,4H2,1H3,(H2,15,16,17)/t8-,10-,11-,13+/m1/s1. The molecule has 116 valence electrons. The van der Waals surface area contributed by atoms with Crippen LogP contribution in [0, 0.1) is 11.3 Å². The van der Waals surface area contributed by atoms with E-state index in [1.165, 1.54) is 18.0 Å². The molecule has 1 aliphatic heterocycles. The van der Waals surface area contributed by atoms with Gasteiger partial charge in [0.05, 0.1) is 12.3 Å². The molecule has 0 aromatic carbocycles. The number of ether oxygens (including phenoxy) is 2. The minimum atomic E-state index is -1.77. The predicted molar refractivity (Wildman–Crippen MR) is 73.5 cm³/mol. The maximum Gasteiger partial charge on any atom is 0.225 e. The highest BCUT2D eigenvalue weighted by molar-refractivity contribution is 5.66. The van der Waals surface area contributed by atoms with E-state index in [4.69, 9.17) is 15.2 Å². The van der Waals surface area contributed by atoms with E-state index in [1.54, 1.807) is 12.1 Å². The number of nitrogen functional groups attached to an aromatic ring is 1. The molecule has 1 fully saturated rings. The summed E-state index contributed by atoms with van der Waals surface area (Å²) in [6.07, 6.45) is -2.30. The van der Waals surface area contributed by atoms with Crippen LogP contribution in [0.1, 0.15) is 5.69 Å². The van der Waals surface area contributed by atoms with E-state index in [0.717, 1.165) is 0 Å². The summed E-state index contributed by atoms with van der Waals surface area (Å²) in [6, 6.07) is 5.14. The van der Waals surface area contributed by atoms with E-state index in [1.807, 2.05) is 6.07 Å². The van der Waals surface area contributed by atoms with Gasteiger partial charge in [0.2, 0.25) is 5.60 Å². The second kappa shape index (κ2) is 5.19. The summed E-state index contributed by atoms with van der Waals surface area (Å²) in [7, 11) is 1.44. The van der Waals surface area contributed by atoms with Crippen LogP contribution in [0.3, 0.4) is 0 Å². The second-order valence-electron chi connectivity index (χ2n) is 5.06. The average molecular weight is 305 g/mol. The van der Waals surface area contributed by atoms with Crippen LogP contribution in [0.25, 0.3) is 5.52 Å². The van der Waals surface area contributed by atoms with Crippen molar-refractivity contribution in [3.05, 3.63) is 24.2 Å². The quantitative estimate of drug-likeness (QED) is 0.642. The third-order valence-corrected chi connectivity index (χ3v) is 3.82. The van der Waals surface area contributed by atoms with Crippen molar-refractivity contribution in [2.24, 2.45) is 0 Å². The third kappa shape index (κ3) is 1.86. The van der Waals surface area contributed by atoms with Crippen molar-refractivity contribution in [3.63, 3.8) is 0 Å². The molecule has 2 aromatic rings. The normalized spacial score (nSPS) is 31.5. The molecule has 1 saturated heterocycles. The number of anilines is 1. The van der Waals surface area contributed by atoms with Crippen molar-refractivity contribution < 1.29 is 19.7 Å². The summed E-state index contributed by atoms with van der Waals surface area (Å²) in [4.78, 5) is 3.86. The number of aliphatic hydroxyl groups is 2. The largest absolute Gasteiger partial charge is 0.387 e. The van der Waals surface area contributed by atoms with Crippen LogP contribution in [0.2, 0.25) is 0 Å². The molecule has 0 aliphatic carbocycles. The van der Waals surface area contributed by atoms with E-state index in [-0.39, 0.29) is 18.1 Å². The zero-order valence-corrected chi connectivity index (χ0v) is 11.7. The number of aliphatic hydroxyl groups excluding tert-OH is 2. The summed E-state index contributed by atoms with van der Waals surface area (Å²) in [5.41, 5.74) is 4.74. The lowest BCUT2D eigenvalue weighted by Crippen LogP contribution is -2.41. The van der Waals surface area contributed by atoms with Gasteiger partial charge in [-0.2, -0.15) is 10.4 Å². The molecular formula is C13H15N5O4. The van der Waals surface area contributed by atoms with Gasteiger partial charge in [0.25, 0.3) is 0 Å². The molecule has 22 heavy (non-hydrogen) atoms. The smallest absolute Gasteiger partial charge is 0.225 e. The van der Waals surface area contributed by atoms with Crippen molar-refractivity contribution in [1.82, 2.24) is 14.6 Å². The maximum absolute atomic E-state index is 10.4. The van der Waals surface area contributed by atoms with Crippen molar-refractivity contribution in [2.45, 2.75) is 23.9 Å². The van der Waals surface area contributed by atoms with Crippen LogP contribution in [0.4, 0.5) is 5.82 Å². The van der Waals surface area contributed by atoms with Crippen molar-refractivity contribution in [2.75, 3.05) is 19.5 Å². The molecule has 9 heteroatoms. The van der Waals surface area contributed by atoms with Gasteiger partial charge in [-0.3, -0.25) is 0 Å². The van der Waals surface area contributed by atoms with Crippen LogP contribution in [-0.2, 0) is 15.1 Å². The number of hydrogen-bond donors (Lipinski definition) is 3. The maximum atomic E-state index is 10.4. The summed E-state index contributed by atoms with van der Waals surface area (Å²) in [5.74, 6) is 0.232. The van der Waals surface area contributed by atoms with E-state index >= 15 is 0 Å². The van der Waals surface area contributed by atoms with Gasteiger partial charge in [0.15, 0.2) is 5.82 Å². The molecule has 0 bridgehead atoms. The fraction of sp³-hybridized carbons (Fsp3) is 0.462. The lowest BCUT2D eigenvalue weighted by molar-refractivity contribution is -0.0699. The van der Waals surface area contributed by atoms with E-state index in [9.17, 15) is 15.5 Å². The summed E-state index contributed by atoms with van der Waals surface area (Å²) in [5, 5.41) is 34.1. The number of hydrogen-bond acceptors (Lipinski definition) is 8. The molecule has 1 aliphatic rings. The van der Waals surface area contributed by atoms with Gasteiger partial charge >= 0.3 is 0 Å². The molecular weight excluding hydrogens is 290 g/mol. The van der Waals surface area contributed by atoms with Gasteiger partial charge in [-0.05, 0) is 12.1 Å². The number of nitrogens with two attached hydrogens (primary N) is 1. The Labute approximate surface area is 125 Å². The van der Waals surface area contributed by atoms with Gasteiger partial charge in [-0.25, -0.2) is 9.50 Å². The minimum absolute atomic E-state index is 0.0437. The first kappa shape index (κ1) is 14.7. The van der Waals surface area contributed by atoms with Gasteiger partial charge in [-0.15, -0.1) is 0 Å². The number of rotatable bonds is 3. The van der Waals surface area contributed by atoms with Crippen molar-refractivity contribution >= 4 is 11.3 Å². The fourth-order valence-corrected chi connectivity index (χ4v) is 2.71.